The van der Waals surface area contributed by atoms with Gasteiger partial charge in [0.25, 0.3) is 0 Å². The van der Waals surface area contributed by atoms with E-state index < -0.39 is 0 Å². The van der Waals surface area contributed by atoms with Crippen molar-refractivity contribution >= 4 is 12.0 Å². The van der Waals surface area contributed by atoms with Crippen molar-refractivity contribution in [1.82, 2.24) is 10.3 Å². The fourth-order valence-electron chi connectivity index (χ4n) is 1.09. The molecule has 0 fully saturated rings. The number of nitrogens with zero attached hydrogens (tertiary/aromatic N) is 1. The lowest BCUT2D eigenvalue weighted by Gasteiger charge is -2.01. The van der Waals surface area contributed by atoms with Crippen LogP contribution in [0.3, 0.4) is 0 Å². The van der Waals surface area contributed by atoms with Crippen LogP contribution in [0.15, 0.2) is 24.4 Å². The predicted octanol–water partition coefficient (Wildman–Crippen LogP) is 1.24. The maximum absolute atomic E-state index is 10.6. The Labute approximate surface area is 89.0 Å². The Balaban J connectivity index is 2.59. The van der Waals surface area contributed by atoms with E-state index in [-0.39, 0.29) is 5.91 Å². The van der Waals surface area contributed by atoms with Gasteiger partial charge in [-0.2, -0.15) is 0 Å². The standard InChI is InChI=1S/C11H14N2O2/c1-9(14)12-7-3-5-10-6-4-8-13-11(10)15-2/h3-6,8H,7H2,1-2H3,(H,12,14). The average molecular weight is 206 g/mol. The lowest BCUT2D eigenvalue weighted by Crippen LogP contribution is -2.19. The molecule has 15 heavy (non-hydrogen) atoms. The van der Waals surface area contributed by atoms with Gasteiger partial charge in [0.2, 0.25) is 11.8 Å². The minimum Gasteiger partial charge on any atom is -0.481 e. The molecule has 0 aliphatic carbocycles. The van der Waals surface area contributed by atoms with E-state index in [1.807, 2.05) is 24.3 Å². The van der Waals surface area contributed by atoms with Crippen LogP contribution in [0.4, 0.5) is 0 Å². The van der Waals surface area contributed by atoms with Gasteiger partial charge in [-0.3, -0.25) is 4.79 Å². The predicted molar refractivity (Wildman–Crippen MR) is 58.5 cm³/mol. The Morgan fingerprint density at radius 1 is 1.67 bits per heavy atom. The van der Waals surface area contributed by atoms with E-state index in [1.54, 1.807) is 13.3 Å². The molecule has 1 aromatic heterocycles. The Kier molecular flexibility index (Phi) is 4.34. The van der Waals surface area contributed by atoms with E-state index in [4.69, 9.17) is 4.74 Å². The van der Waals surface area contributed by atoms with Crippen LogP contribution >= 0.6 is 0 Å². The highest BCUT2D eigenvalue weighted by Gasteiger charge is 1.97. The van der Waals surface area contributed by atoms with Crippen molar-refractivity contribution in [2.24, 2.45) is 0 Å². The monoisotopic (exact) mass is 206 g/mol. The van der Waals surface area contributed by atoms with Crippen molar-refractivity contribution in [2.75, 3.05) is 13.7 Å². The van der Waals surface area contributed by atoms with E-state index >= 15 is 0 Å². The number of nitrogens with one attached hydrogen (secondary N) is 1. The van der Waals surface area contributed by atoms with Gasteiger partial charge in [0.05, 0.1) is 7.11 Å². The van der Waals surface area contributed by atoms with Gasteiger partial charge in [0, 0.05) is 25.2 Å². The summed E-state index contributed by atoms with van der Waals surface area (Å²) in [6, 6.07) is 3.73. The van der Waals surface area contributed by atoms with Gasteiger partial charge >= 0.3 is 0 Å². The van der Waals surface area contributed by atoms with Crippen molar-refractivity contribution in [3.05, 3.63) is 30.0 Å². The zero-order valence-corrected chi connectivity index (χ0v) is 8.86. The number of carbonyl (C=O) groups excluding carboxylic acids is 1. The molecule has 0 radical (unpaired) electrons. The first kappa shape index (κ1) is 11.2. The van der Waals surface area contributed by atoms with E-state index in [0.717, 1.165) is 5.56 Å². The summed E-state index contributed by atoms with van der Waals surface area (Å²) in [7, 11) is 1.58. The molecular formula is C11H14N2O2. The summed E-state index contributed by atoms with van der Waals surface area (Å²) >= 11 is 0. The second-order valence-corrected chi connectivity index (χ2v) is 2.94. The first-order chi connectivity index (χ1) is 7.24. The molecule has 0 aliphatic rings. The molecule has 0 atom stereocenters. The maximum Gasteiger partial charge on any atom is 0.220 e. The van der Waals surface area contributed by atoms with E-state index in [2.05, 4.69) is 10.3 Å². The highest BCUT2D eigenvalue weighted by molar-refractivity contribution is 5.73. The van der Waals surface area contributed by atoms with Crippen molar-refractivity contribution in [1.29, 1.82) is 0 Å². The normalized spacial score (nSPS) is 10.3. The minimum atomic E-state index is -0.0437. The van der Waals surface area contributed by atoms with Crippen molar-refractivity contribution in [2.45, 2.75) is 6.92 Å². The first-order valence-corrected chi connectivity index (χ1v) is 4.64. The van der Waals surface area contributed by atoms with Crippen LogP contribution < -0.4 is 10.1 Å². The Morgan fingerprint density at radius 3 is 3.13 bits per heavy atom. The van der Waals surface area contributed by atoms with Crippen molar-refractivity contribution in [3.8, 4) is 5.88 Å². The molecule has 1 heterocycles. The summed E-state index contributed by atoms with van der Waals surface area (Å²) in [6.07, 6.45) is 5.38. The number of pyridine rings is 1. The topological polar surface area (TPSA) is 51.2 Å². The Hall–Kier alpha value is -1.84. The van der Waals surface area contributed by atoms with Gasteiger partial charge < -0.3 is 10.1 Å². The number of amides is 1. The second kappa shape index (κ2) is 5.80. The number of ether oxygens (including phenoxy) is 1. The molecule has 0 aromatic carbocycles. The zero-order chi connectivity index (χ0) is 11.1. The highest BCUT2D eigenvalue weighted by Crippen LogP contribution is 2.14. The molecule has 4 nitrogen and oxygen atoms in total. The number of carbonyl (C=O) groups is 1. The molecule has 4 heteroatoms. The van der Waals surface area contributed by atoms with Gasteiger partial charge in [0.15, 0.2) is 0 Å². The smallest absolute Gasteiger partial charge is 0.220 e. The van der Waals surface area contributed by atoms with Crippen LogP contribution in [0, 0.1) is 0 Å². The van der Waals surface area contributed by atoms with Crippen molar-refractivity contribution in [3.63, 3.8) is 0 Å². The molecule has 1 aromatic rings. The Bertz CT molecular complexity index is 361. The first-order valence-electron chi connectivity index (χ1n) is 4.64. The third-order valence-electron chi connectivity index (χ3n) is 1.76. The summed E-state index contributed by atoms with van der Waals surface area (Å²) in [5.74, 6) is 0.536. The Morgan fingerprint density at radius 2 is 2.47 bits per heavy atom. The van der Waals surface area contributed by atoms with Crippen molar-refractivity contribution < 1.29 is 9.53 Å². The summed E-state index contributed by atoms with van der Waals surface area (Å²) in [5.41, 5.74) is 0.894. The van der Waals surface area contributed by atoms with Crippen LogP contribution in [0.2, 0.25) is 0 Å². The van der Waals surface area contributed by atoms with E-state index in [9.17, 15) is 4.79 Å². The van der Waals surface area contributed by atoms with Gasteiger partial charge in [0.1, 0.15) is 0 Å². The second-order valence-electron chi connectivity index (χ2n) is 2.94. The molecule has 0 unspecified atom stereocenters. The molecule has 80 valence electrons. The SMILES string of the molecule is COc1ncccc1C=CCNC(C)=O. The molecule has 1 amide bonds. The van der Waals surface area contributed by atoms with Gasteiger partial charge in [-0.05, 0) is 12.1 Å². The van der Waals surface area contributed by atoms with Crippen LogP contribution in [-0.4, -0.2) is 24.5 Å². The molecule has 1 N–H and O–H groups in total. The van der Waals surface area contributed by atoms with Gasteiger partial charge in [-0.1, -0.05) is 12.2 Å². The van der Waals surface area contributed by atoms with Crippen LogP contribution in [0.25, 0.3) is 6.08 Å². The number of hydrogen-bond acceptors (Lipinski definition) is 3. The van der Waals surface area contributed by atoms with Gasteiger partial charge in [-0.15, -0.1) is 0 Å². The molecular weight excluding hydrogens is 192 g/mol. The summed E-state index contributed by atoms with van der Waals surface area (Å²) in [6.45, 7) is 1.99. The van der Waals surface area contributed by atoms with E-state index in [0.29, 0.717) is 12.4 Å². The van der Waals surface area contributed by atoms with E-state index in [1.165, 1.54) is 6.92 Å². The van der Waals surface area contributed by atoms with Crippen LogP contribution in [0.1, 0.15) is 12.5 Å². The largest absolute Gasteiger partial charge is 0.481 e. The maximum atomic E-state index is 10.6. The third kappa shape index (κ3) is 3.81. The summed E-state index contributed by atoms with van der Waals surface area (Å²) in [4.78, 5) is 14.6. The third-order valence-corrected chi connectivity index (χ3v) is 1.76. The zero-order valence-electron chi connectivity index (χ0n) is 8.86. The number of methoxy groups -OCH3 is 1. The van der Waals surface area contributed by atoms with Gasteiger partial charge in [-0.25, -0.2) is 4.98 Å². The van der Waals surface area contributed by atoms with Crippen LogP contribution in [0.5, 0.6) is 5.88 Å². The number of hydrogen-bond donors (Lipinski definition) is 1. The lowest BCUT2D eigenvalue weighted by molar-refractivity contribution is -0.118. The average Bonchev–Trinajstić information content (AvgIpc) is 2.24. The number of aromatic nitrogens is 1. The highest BCUT2D eigenvalue weighted by atomic mass is 16.5. The molecule has 0 saturated carbocycles. The molecule has 0 bridgehead atoms. The summed E-state index contributed by atoms with van der Waals surface area (Å²) < 4.78 is 5.07. The number of rotatable bonds is 4. The minimum absolute atomic E-state index is 0.0437. The summed E-state index contributed by atoms with van der Waals surface area (Å²) in [5, 5.41) is 2.67. The molecule has 0 saturated heterocycles. The fourth-order valence-corrected chi connectivity index (χ4v) is 1.09. The molecule has 1 rings (SSSR count). The quantitative estimate of drug-likeness (QED) is 0.806. The van der Waals surface area contributed by atoms with Crippen LogP contribution in [-0.2, 0) is 4.79 Å². The molecule has 0 spiro atoms. The molecule has 0 aliphatic heterocycles. The fraction of sp³-hybridized carbons (Fsp3) is 0.273. The lowest BCUT2D eigenvalue weighted by atomic mass is 10.2.